The minimum Gasteiger partial charge on any atom is -0.392 e. The third-order valence-electron chi connectivity index (χ3n) is 2.19. The fourth-order valence-electron chi connectivity index (χ4n) is 1.47. The molecule has 1 saturated heterocycles. The highest BCUT2D eigenvalue weighted by atomic mass is 19.3. The first-order chi connectivity index (χ1) is 6.50. The van der Waals surface area contributed by atoms with E-state index in [9.17, 15) is 13.6 Å². The second-order valence-corrected chi connectivity index (χ2v) is 3.46. The minimum atomic E-state index is -2.52. The Balaban J connectivity index is 2.40. The molecule has 1 aliphatic rings. The molecule has 0 radical (unpaired) electrons. The molecule has 0 bridgehead atoms. The summed E-state index contributed by atoms with van der Waals surface area (Å²) in [5.74, 6) is -0.387. The van der Waals surface area contributed by atoms with E-state index in [4.69, 9.17) is 5.11 Å². The number of aliphatic hydroxyl groups is 1. The minimum absolute atomic E-state index is 0.298. The molecule has 0 saturated carbocycles. The van der Waals surface area contributed by atoms with Crippen LogP contribution in [0.2, 0.25) is 0 Å². The van der Waals surface area contributed by atoms with Gasteiger partial charge in [-0.2, -0.15) is 0 Å². The molecule has 0 aliphatic carbocycles. The Kier molecular flexibility index (Phi) is 3.77. The molecule has 1 fully saturated rings. The van der Waals surface area contributed by atoms with Crippen LogP contribution in [0.3, 0.4) is 0 Å². The Morgan fingerprint density at radius 2 is 2.36 bits per heavy atom. The number of nitrogens with zero attached hydrogens (tertiary/aromatic N) is 1. The fraction of sp³-hybridized carbons (Fsp3) is 0.875. The van der Waals surface area contributed by atoms with Crippen LogP contribution in [0.1, 0.15) is 6.42 Å². The summed E-state index contributed by atoms with van der Waals surface area (Å²) in [6, 6.07) is -0.520. The Morgan fingerprint density at radius 1 is 1.71 bits per heavy atom. The number of alkyl halides is 2. The number of nitrogens with one attached hydrogen (secondary N) is 1. The first kappa shape index (κ1) is 11.3. The molecule has 0 aromatic heterocycles. The van der Waals surface area contributed by atoms with E-state index in [2.05, 4.69) is 5.32 Å². The van der Waals surface area contributed by atoms with E-state index >= 15 is 0 Å². The normalized spacial score (nSPS) is 26.9. The van der Waals surface area contributed by atoms with Gasteiger partial charge in [0.05, 0.1) is 18.7 Å². The van der Waals surface area contributed by atoms with Gasteiger partial charge in [0.2, 0.25) is 5.91 Å². The Morgan fingerprint density at radius 3 is 2.79 bits per heavy atom. The van der Waals surface area contributed by atoms with Crippen LogP contribution >= 0.6 is 0 Å². The number of β-amino-alcohol motifs (C(OH)–C–C–N with tert-alkyl or cyclic N) is 1. The first-order valence-electron chi connectivity index (χ1n) is 4.45. The van der Waals surface area contributed by atoms with Crippen molar-refractivity contribution in [3.63, 3.8) is 0 Å². The lowest BCUT2D eigenvalue weighted by Crippen LogP contribution is -2.43. The molecule has 4 nitrogen and oxygen atoms in total. The molecule has 6 heteroatoms. The Hall–Kier alpha value is -0.750. The van der Waals surface area contributed by atoms with Crippen LogP contribution in [0.4, 0.5) is 8.78 Å². The molecule has 0 aromatic carbocycles. The molecule has 1 aliphatic heterocycles. The molecule has 2 N–H and O–H groups in total. The number of halogens is 2. The highest BCUT2D eigenvalue weighted by Crippen LogP contribution is 2.09. The van der Waals surface area contributed by atoms with E-state index in [0.717, 1.165) is 4.90 Å². The maximum absolute atomic E-state index is 11.9. The van der Waals surface area contributed by atoms with E-state index in [-0.39, 0.29) is 5.91 Å². The van der Waals surface area contributed by atoms with Gasteiger partial charge in [-0.3, -0.25) is 4.79 Å². The van der Waals surface area contributed by atoms with Crippen LogP contribution in [-0.4, -0.2) is 54.6 Å². The zero-order chi connectivity index (χ0) is 10.7. The van der Waals surface area contributed by atoms with E-state index < -0.39 is 25.1 Å². The van der Waals surface area contributed by atoms with E-state index in [1.165, 1.54) is 7.05 Å². The van der Waals surface area contributed by atoms with E-state index in [0.29, 0.717) is 13.0 Å². The van der Waals surface area contributed by atoms with Gasteiger partial charge in [0.15, 0.2) is 0 Å². The number of hydrogen-bond acceptors (Lipinski definition) is 3. The van der Waals surface area contributed by atoms with Crippen LogP contribution < -0.4 is 5.32 Å². The average molecular weight is 208 g/mol. The zero-order valence-corrected chi connectivity index (χ0v) is 7.91. The van der Waals surface area contributed by atoms with Gasteiger partial charge in [-0.15, -0.1) is 0 Å². The second kappa shape index (κ2) is 4.65. The summed E-state index contributed by atoms with van der Waals surface area (Å²) in [7, 11) is 1.33. The second-order valence-electron chi connectivity index (χ2n) is 3.46. The molecule has 0 aromatic rings. The van der Waals surface area contributed by atoms with Crippen molar-refractivity contribution in [2.75, 3.05) is 20.1 Å². The summed E-state index contributed by atoms with van der Waals surface area (Å²) in [4.78, 5) is 12.4. The highest BCUT2D eigenvalue weighted by Gasteiger charge is 2.30. The standard InChI is InChI=1S/C8H14F2N2O2/c1-12(4-7(9)10)8(14)6-2-5(13)3-11-6/h5-7,11,13H,2-4H2,1H3. The maximum atomic E-state index is 11.9. The van der Waals surface area contributed by atoms with Crippen molar-refractivity contribution in [2.45, 2.75) is 25.0 Å². The number of aliphatic hydroxyl groups excluding tert-OH is 1. The SMILES string of the molecule is CN(CC(F)F)C(=O)C1CC(O)CN1. The summed E-state index contributed by atoms with van der Waals surface area (Å²) in [6.45, 7) is -0.216. The summed E-state index contributed by atoms with van der Waals surface area (Å²) in [6.07, 6.45) is -2.77. The van der Waals surface area contributed by atoms with Crippen LogP contribution in [0, 0.1) is 0 Å². The van der Waals surface area contributed by atoms with Gasteiger partial charge >= 0.3 is 0 Å². The number of hydrogen-bond donors (Lipinski definition) is 2. The predicted octanol–water partition coefficient (Wildman–Crippen LogP) is -0.567. The van der Waals surface area contributed by atoms with Crippen molar-refractivity contribution in [3.8, 4) is 0 Å². The fourth-order valence-corrected chi connectivity index (χ4v) is 1.47. The lowest BCUT2D eigenvalue weighted by atomic mass is 10.2. The van der Waals surface area contributed by atoms with Crippen molar-refractivity contribution in [1.82, 2.24) is 10.2 Å². The topological polar surface area (TPSA) is 52.6 Å². The lowest BCUT2D eigenvalue weighted by molar-refractivity contribution is -0.133. The Labute approximate surface area is 80.9 Å². The molecule has 1 rings (SSSR count). The van der Waals surface area contributed by atoms with Gasteiger partial charge in [-0.1, -0.05) is 0 Å². The molecule has 0 spiro atoms. The average Bonchev–Trinajstić information content (AvgIpc) is 2.49. The lowest BCUT2D eigenvalue weighted by Gasteiger charge is -2.20. The van der Waals surface area contributed by atoms with Crippen molar-refractivity contribution in [3.05, 3.63) is 0 Å². The molecular formula is C8H14F2N2O2. The molecule has 2 unspecified atom stereocenters. The van der Waals surface area contributed by atoms with Gasteiger partial charge in [-0.25, -0.2) is 8.78 Å². The number of amides is 1. The monoisotopic (exact) mass is 208 g/mol. The molecule has 1 amide bonds. The Bertz CT molecular complexity index is 214. The van der Waals surface area contributed by atoms with Gasteiger partial charge in [0.25, 0.3) is 6.43 Å². The van der Waals surface area contributed by atoms with Crippen LogP contribution in [0.15, 0.2) is 0 Å². The molecular weight excluding hydrogens is 194 g/mol. The molecule has 14 heavy (non-hydrogen) atoms. The summed E-state index contributed by atoms with van der Waals surface area (Å²) >= 11 is 0. The molecule has 2 atom stereocenters. The predicted molar refractivity (Wildman–Crippen MR) is 46.1 cm³/mol. The zero-order valence-electron chi connectivity index (χ0n) is 7.91. The maximum Gasteiger partial charge on any atom is 0.255 e. The van der Waals surface area contributed by atoms with Gasteiger partial charge < -0.3 is 15.3 Å². The van der Waals surface area contributed by atoms with Crippen molar-refractivity contribution >= 4 is 5.91 Å². The quantitative estimate of drug-likeness (QED) is 0.653. The van der Waals surface area contributed by atoms with Crippen molar-refractivity contribution in [1.29, 1.82) is 0 Å². The van der Waals surface area contributed by atoms with Crippen molar-refractivity contribution < 1.29 is 18.7 Å². The van der Waals surface area contributed by atoms with Crippen LogP contribution in [0.25, 0.3) is 0 Å². The van der Waals surface area contributed by atoms with Gasteiger partial charge in [-0.05, 0) is 6.42 Å². The van der Waals surface area contributed by atoms with Gasteiger partial charge in [0.1, 0.15) is 0 Å². The number of rotatable bonds is 3. The number of carbonyl (C=O) groups is 1. The first-order valence-corrected chi connectivity index (χ1v) is 4.45. The number of carbonyl (C=O) groups excluding carboxylic acids is 1. The largest absolute Gasteiger partial charge is 0.392 e. The smallest absolute Gasteiger partial charge is 0.255 e. The summed E-state index contributed by atoms with van der Waals surface area (Å²) in [5, 5.41) is 11.9. The number of likely N-dealkylation sites (N-methyl/N-ethyl adjacent to an activating group) is 1. The highest BCUT2D eigenvalue weighted by molar-refractivity contribution is 5.82. The van der Waals surface area contributed by atoms with E-state index in [1.54, 1.807) is 0 Å². The van der Waals surface area contributed by atoms with Gasteiger partial charge in [0, 0.05) is 13.6 Å². The molecule has 82 valence electrons. The van der Waals surface area contributed by atoms with Crippen molar-refractivity contribution in [2.24, 2.45) is 0 Å². The van der Waals surface area contributed by atoms with Crippen LogP contribution in [0.5, 0.6) is 0 Å². The third kappa shape index (κ3) is 2.88. The molecule has 1 heterocycles. The van der Waals surface area contributed by atoms with Crippen LogP contribution in [-0.2, 0) is 4.79 Å². The summed E-state index contributed by atoms with van der Waals surface area (Å²) in [5.41, 5.74) is 0. The van der Waals surface area contributed by atoms with E-state index in [1.807, 2.05) is 0 Å². The summed E-state index contributed by atoms with van der Waals surface area (Å²) < 4.78 is 23.9. The third-order valence-corrected chi connectivity index (χ3v) is 2.19.